The number of carbonyl (C=O) groups is 1. The van der Waals surface area contributed by atoms with E-state index in [0.717, 1.165) is 25.0 Å². The number of fused-ring (bicyclic) bond motifs is 1. The average Bonchev–Trinajstić information content (AvgIpc) is 2.90. The molecule has 102 valence electrons. The molecule has 1 aromatic carbocycles. The largest absolute Gasteiger partial charge is 0.292 e. The van der Waals surface area contributed by atoms with Crippen LogP contribution in [0.4, 0.5) is 0 Å². The number of aryl methyl sites for hydroxylation is 3. The zero-order valence-electron chi connectivity index (χ0n) is 11.4. The molecule has 1 heterocycles. The molecule has 0 saturated carbocycles. The number of aromatic nitrogens is 2. The third-order valence-electron chi connectivity index (χ3n) is 3.71. The third-order valence-corrected chi connectivity index (χ3v) is 3.71. The van der Waals surface area contributed by atoms with Crippen LogP contribution >= 0.6 is 0 Å². The number of hydrogen-bond donors (Lipinski definition) is 0. The van der Waals surface area contributed by atoms with Gasteiger partial charge in [-0.3, -0.25) is 9.59 Å². The predicted molar refractivity (Wildman–Crippen MR) is 76.0 cm³/mol. The molecule has 4 nitrogen and oxygen atoms in total. The summed E-state index contributed by atoms with van der Waals surface area (Å²) in [6.45, 7) is 1.80. The highest BCUT2D eigenvalue weighted by atomic mass is 16.1. The van der Waals surface area contributed by atoms with Gasteiger partial charge in [0, 0.05) is 11.6 Å². The van der Waals surface area contributed by atoms with Crippen molar-refractivity contribution in [3.05, 3.63) is 63.1 Å². The summed E-state index contributed by atoms with van der Waals surface area (Å²) in [6, 6.07) is 8.94. The number of nitrogens with zero attached hydrogens (tertiary/aromatic N) is 2. The van der Waals surface area contributed by atoms with Crippen LogP contribution in [0, 0.1) is 6.92 Å². The maximum atomic E-state index is 12.3. The van der Waals surface area contributed by atoms with E-state index < -0.39 is 0 Å². The average molecular weight is 268 g/mol. The fraction of sp³-hybridized carbons (Fsp3) is 0.312. The number of carbonyl (C=O) groups excluding carboxylic acids is 1. The minimum atomic E-state index is -0.245. The van der Waals surface area contributed by atoms with Gasteiger partial charge in [-0.05, 0) is 49.4 Å². The molecule has 4 heteroatoms. The molecular weight excluding hydrogens is 252 g/mol. The Morgan fingerprint density at radius 2 is 2.00 bits per heavy atom. The molecule has 0 bridgehead atoms. The normalized spacial score (nSPS) is 13.2. The summed E-state index contributed by atoms with van der Waals surface area (Å²) in [5, 5.41) is 4.09. The molecule has 1 aliphatic rings. The second-order valence-corrected chi connectivity index (χ2v) is 5.23. The van der Waals surface area contributed by atoms with Crippen LogP contribution in [-0.2, 0) is 19.4 Å². The van der Waals surface area contributed by atoms with E-state index in [4.69, 9.17) is 0 Å². The van der Waals surface area contributed by atoms with Crippen LogP contribution in [0.25, 0.3) is 0 Å². The molecule has 1 aliphatic carbocycles. The minimum Gasteiger partial charge on any atom is -0.292 e. The summed E-state index contributed by atoms with van der Waals surface area (Å²) in [6.07, 6.45) is 3.30. The fourth-order valence-electron chi connectivity index (χ4n) is 2.64. The van der Waals surface area contributed by atoms with Crippen LogP contribution in [0.15, 0.2) is 35.1 Å². The lowest BCUT2D eigenvalue weighted by atomic mass is 10.0. The van der Waals surface area contributed by atoms with Gasteiger partial charge in [0.25, 0.3) is 5.56 Å². The van der Waals surface area contributed by atoms with Crippen molar-refractivity contribution in [2.24, 2.45) is 0 Å². The van der Waals surface area contributed by atoms with Crippen molar-refractivity contribution in [1.82, 2.24) is 9.78 Å². The number of ketones is 1. The van der Waals surface area contributed by atoms with Crippen molar-refractivity contribution in [3.63, 3.8) is 0 Å². The van der Waals surface area contributed by atoms with Crippen molar-refractivity contribution in [2.45, 2.75) is 32.7 Å². The van der Waals surface area contributed by atoms with Gasteiger partial charge in [-0.25, -0.2) is 4.68 Å². The van der Waals surface area contributed by atoms with Crippen LogP contribution in [-0.4, -0.2) is 15.6 Å². The van der Waals surface area contributed by atoms with Gasteiger partial charge in [-0.15, -0.1) is 0 Å². The molecule has 0 aliphatic heterocycles. The molecule has 0 saturated heterocycles. The summed E-state index contributed by atoms with van der Waals surface area (Å²) >= 11 is 0. The van der Waals surface area contributed by atoms with Crippen LogP contribution < -0.4 is 5.56 Å². The van der Waals surface area contributed by atoms with Crippen LogP contribution in [0.3, 0.4) is 0 Å². The van der Waals surface area contributed by atoms with Crippen molar-refractivity contribution in [1.29, 1.82) is 0 Å². The Bertz CT molecular complexity index is 731. The molecule has 0 spiro atoms. The molecule has 20 heavy (non-hydrogen) atoms. The van der Waals surface area contributed by atoms with Crippen molar-refractivity contribution >= 4 is 5.78 Å². The van der Waals surface area contributed by atoms with Crippen molar-refractivity contribution in [3.8, 4) is 0 Å². The number of benzene rings is 1. The molecule has 0 N–H and O–H groups in total. The predicted octanol–water partition coefficient (Wildman–Crippen LogP) is 1.92. The fourth-order valence-corrected chi connectivity index (χ4v) is 2.64. The van der Waals surface area contributed by atoms with Gasteiger partial charge < -0.3 is 0 Å². The highest BCUT2D eigenvalue weighted by molar-refractivity contribution is 5.96. The van der Waals surface area contributed by atoms with Gasteiger partial charge in [0.15, 0.2) is 5.78 Å². The Hall–Kier alpha value is -2.23. The highest BCUT2D eigenvalue weighted by Crippen LogP contribution is 2.23. The molecule has 0 radical (unpaired) electrons. The molecule has 0 unspecified atom stereocenters. The van der Waals surface area contributed by atoms with Crippen molar-refractivity contribution < 1.29 is 4.79 Å². The summed E-state index contributed by atoms with van der Waals surface area (Å²) in [5.74, 6) is -0.0695. The zero-order chi connectivity index (χ0) is 14.1. The van der Waals surface area contributed by atoms with Crippen molar-refractivity contribution in [2.75, 3.05) is 0 Å². The van der Waals surface area contributed by atoms with Gasteiger partial charge in [0.2, 0.25) is 0 Å². The van der Waals surface area contributed by atoms with Gasteiger partial charge in [-0.2, -0.15) is 5.10 Å². The molecule has 0 atom stereocenters. The summed E-state index contributed by atoms with van der Waals surface area (Å²) < 4.78 is 1.23. The Morgan fingerprint density at radius 1 is 1.20 bits per heavy atom. The van der Waals surface area contributed by atoms with E-state index in [9.17, 15) is 9.59 Å². The van der Waals surface area contributed by atoms with E-state index in [1.165, 1.54) is 21.9 Å². The standard InChI is InChI=1S/C16H16N2O2/c1-11-5-8-16(20)18(17-11)10-15(19)14-7-6-12-3-2-4-13(12)9-14/h5-9H,2-4,10H2,1H3. The number of rotatable bonds is 3. The van der Waals surface area contributed by atoms with Crippen LogP contribution in [0.5, 0.6) is 0 Å². The number of hydrogen-bond acceptors (Lipinski definition) is 3. The quantitative estimate of drug-likeness (QED) is 0.799. The number of Topliss-reactive ketones (excluding diaryl/α,β-unsaturated/α-hetero) is 1. The van der Waals surface area contributed by atoms with E-state index in [0.29, 0.717) is 5.56 Å². The minimum absolute atomic E-state index is 0.000694. The van der Waals surface area contributed by atoms with Crippen LogP contribution in [0.1, 0.15) is 33.6 Å². The summed E-state index contributed by atoms with van der Waals surface area (Å²) in [7, 11) is 0. The summed E-state index contributed by atoms with van der Waals surface area (Å²) in [4.78, 5) is 24.0. The lowest BCUT2D eigenvalue weighted by molar-refractivity contribution is 0.0965. The monoisotopic (exact) mass is 268 g/mol. The molecule has 0 fully saturated rings. The van der Waals surface area contributed by atoms with Gasteiger partial charge in [0.05, 0.1) is 5.69 Å². The topological polar surface area (TPSA) is 52.0 Å². The molecule has 2 aromatic rings. The second kappa shape index (κ2) is 5.04. The van der Waals surface area contributed by atoms with E-state index in [-0.39, 0.29) is 17.9 Å². The first kappa shape index (κ1) is 12.8. The van der Waals surface area contributed by atoms with Gasteiger partial charge >= 0.3 is 0 Å². The lowest BCUT2D eigenvalue weighted by Crippen LogP contribution is -2.26. The van der Waals surface area contributed by atoms with E-state index in [1.54, 1.807) is 13.0 Å². The zero-order valence-corrected chi connectivity index (χ0v) is 11.4. The summed E-state index contributed by atoms with van der Waals surface area (Å²) in [5.41, 5.74) is 3.75. The van der Waals surface area contributed by atoms with E-state index >= 15 is 0 Å². The third kappa shape index (κ3) is 2.41. The van der Waals surface area contributed by atoms with E-state index in [1.807, 2.05) is 18.2 Å². The highest BCUT2D eigenvalue weighted by Gasteiger charge is 2.14. The second-order valence-electron chi connectivity index (χ2n) is 5.23. The molecular formula is C16H16N2O2. The van der Waals surface area contributed by atoms with Gasteiger partial charge in [0.1, 0.15) is 6.54 Å². The first-order valence-corrected chi connectivity index (χ1v) is 6.83. The molecule has 1 aromatic heterocycles. The Labute approximate surface area is 117 Å². The smallest absolute Gasteiger partial charge is 0.267 e. The lowest BCUT2D eigenvalue weighted by Gasteiger charge is -2.06. The Balaban J connectivity index is 1.86. The van der Waals surface area contributed by atoms with E-state index in [2.05, 4.69) is 5.10 Å². The Kier molecular flexibility index (Phi) is 3.22. The maximum absolute atomic E-state index is 12.3. The molecule has 3 rings (SSSR count). The SMILES string of the molecule is Cc1ccc(=O)n(CC(=O)c2ccc3c(c2)CCC3)n1. The first-order valence-electron chi connectivity index (χ1n) is 6.83. The van der Waals surface area contributed by atoms with Gasteiger partial charge in [-0.1, -0.05) is 12.1 Å². The first-order chi connectivity index (χ1) is 9.63. The van der Waals surface area contributed by atoms with Crippen LogP contribution in [0.2, 0.25) is 0 Å². The Morgan fingerprint density at radius 3 is 2.85 bits per heavy atom. The molecule has 0 amide bonds. The maximum Gasteiger partial charge on any atom is 0.267 e.